The second kappa shape index (κ2) is 6.78. The molecule has 0 saturated heterocycles. The molecule has 0 heterocycles. The molecule has 0 fully saturated rings. The van der Waals surface area contributed by atoms with E-state index in [2.05, 4.69) is 0 Å². The van der Waals surface area contributed by atoms with Crippen LogP contribution in [0.3, 0.4) is 0 Å². The molecule has 1 aromatic carbocycles. The van der Waals surface area contributed by atoms with E-state index in [4.69, 9.17) is 5.11 Å². The van der Waals surface area contributed by atoms with Crippen LogP contribution in [0.25, 0.3) is 0 Å². The Morgan fingerprint density at radius 3 is 2.26 bits per heavy atom. The van der Waals surface area contributed by atoms with E-state index in [1.807, 2.05) is 38.1 Å². The normalized spacial score (nSPS) is 10.1. The number of carboxylic acids is 1. The summed E-state index contributed by atoms with van der Waals surface area (Å²) in [6, 6.07) is 7.23. The average Bonchev–Trinajstić information content (AvgIpc) is 2.37. The van der Waals surface area contributed by atoms with Crippen molar-refractivity contribution in [1.82, 2.24) is 4.90 Å². The number of benzene rings is 1. The van der Waals surface area contributed by atoms with Crippen LogP contribution in [0, 0.1) is 6.92 Å². The molecule has 0 radical (unpaired) electrons. The van der Waals surface area contributed by atoms with Gasteiger partial charge >= 0.3 is 12.0 Å². The lowest BCUT2D eigenvalue weighted by molar-refractivity contribution is -0.137. The van der Waals surface area contributed by atoms with Crippen LogP contribution in [0.2, 0.25) is 0 Å². The van der Waals surface area contributed by atoms with Gasteiger partial charge in [-0.05, 0) is 25.5 Å². The van der Waals surface area contributed by atoms with Crippen LogP contribution in [-0.2, 0) is 4.79 Å². The van der Waals surface area contributed by atoms with Crippen LogP contribution in [0.15, 0.2) is 24.3 Å². The van der Waals surface area contributed by atoms with Gasteiger partial charge in [-0.2, -0.15) is 0 Å². The molecular weight excluding hydrogens is 244 g/mol. The van der Waals surface area contributed by atoms with Crippen molar-refractivity contribution in [2.24, 2.45) is 0 Å². The molecule has 0 aliphatic heterocycles. The number of carbonyl (C=O) groups is 2. The molecule has 104 valence electrons. The third kappa shape index (κ3) is 4.28. The zero-order chi connectivity index (χ0) is 14.4. The SMILES string of the molecule is CCCN(CC(=O)O)C(=O)N(C)c1ccc(C)cc1. The van der Waals surface area contributed by atoms with Crippen LogP contribution in [0.1, 0.15) is 18.9 Å². The maximum absolute atomic E-state index is 12.2. The lowest BCUT2D eigenvalue weighted by atomic mass is 10.2. The second-order valence-electron chi connectivity index (χ2n) is 4.49. The van der Waals surface area contributed by atoms with Gasteiger partial charge in [-0.15, -0.1) is 0 Å². The molecule has 5 heteroatoms. The van der Waals surface area contributed by atoms with E-state index < -0.39 is 5.97 Å². The molecule has 1 rings (SSSR count). The summed E-state index contributed by atoms with van der Waals surface area (Å²) in [5.41, 5.74) is 1.86. The number of hydrogen-bond acceptors (Lipinski definition) is 2. The predicted molar refractivity (Wildman–Crippen MR) is 74.5 cm³/mol. The highest BCUT2D eigenvalue weighted by molar-refractivity contribution is 5.93. The van der Waals surface area contributed by atoms with Crippen molar-refractivity contribution < 1.29 is 14.7 Å². The predicted octanol–water partition coefficient (Wildman–Crippen LogP) is 2.35. The zero-order valence-corrected chi connectivity index (χ0v) is 11.6. The highest BCUT2D eigenvalue weighted by Gasteiger charge is 2.20. The van der Waals surface area contributed by atoms with E-state index in [0.29, 0.717) is 6.54 Å². The fourth-order valence-corrected chi connectivity index (χ4v) is 1.77. The number of nitrogens with zero attached hydrogens (tertiary/aromatic N) is 2. The van der Waals surface area contributed by atoms with Gasteiger partial charge in [0.25, 0.3) is 0 Å². The highest BCUT2D eigenvalue weighted by atomic mass is 16.4. The van der Waals surface area contributed by atoms with Crippen molar-refractivity contribution in [2.45, 2.75) is 20.3 Å². The molecule has 0 atom stereocenters. The third-order valence-corrected chi connectivity index (χ3v) is 2.80. The Morgan fingerprint density at radius 2 is 1.79 bits per heavy atom. The Labute approximate surface area is 113 Å². The zero-order valence-electron chi connectivity index (χ0n) is 11.6. The van der Waals surface area contributed by atoms with E-state index in [0.717, 1.165) is 17.7 Å². The highest BCUT2D eigenvalue weighted by Crippen LogP contribution is 2.15. The van der Waals surface area contributed by atoms with Crippen LogP contribution >= 0.6 is 0 Å². The smallest absolute Gasteiger partial charge is 0.324 e. The largest absolute Gasteiger partial charge is 0.480 e. The number of carbonyl (C=O) groups excluding carboxylic acids is 1. The minimum Gasteiger partial charge on any atom is -0.480 e. The number of carboxylic acid groups (broad SMARTS) is 1. The van der Waals surface area contributed by atoms with Gasteiger partial charge < -0.3 is 10.0 Å². The summed E-state index contributed by atoms with van der Waals surface area (Å²) in [6.07, 6.45) is 0.723. The maximum Gasteiger partial charge on any atom is 0.324 e. The number of hydrogen-bond donors (Lipinski definition) is 1. The summed E-state index contributed by atoms with van der Waals surface area (Å²) < 4.78 is 0. The molecule has 0 bridgehead atoms. The van der Waals surface area contributed by atoms with Crippen molar-refractivity contribution in [3.63, 3.8) is 0 Å². The Morgan fingerprint density at radius 1 is 1.21 bits per heavy atom. The summed E-state index contributed by atoms with van der Waals surface area (Å²) in [4.78, 5) is 25.8. The maximum atomic E-state index is 12.2. The van der Waals surface area contributed by atoms with Crippen molar-refractivity contribution in [3.05, 3.63) is 29.8 Å². The molecule has 2 amide bonds. The first-order chi connectivity index (χ1) is 8.95. The van der Waals surface area contributed by atoms with E-state index in [-0.39, 0.29) is 12.6 Å². The van der Waals surface area contributed by atoms with Crippen molar-refractivity contribution in [2.75, 3.05) is 25.0 Å². The number of rotatable bonds is 5. The summed E-state index contributed by atoms with van der Waals surface area (Å²) >= 11 is 0. The standard InChI is InChI=1S/C14H20N2O3/c1-4-9-16(10-13(17)18)14(19)15(3)12-7-5-11(2)6-8-12/h5-8H,4,9-10H2,1-3H3,(H,17,18). The van der Waals surface area contributed by atoms with E-state index in [1.165, 1.54) is 9.80 Å². The van der Waals surface area contributed by atoms with Gasteiger partial charge in [-0.1, -0.05) is 24.6 Å². The molecule has 0 unspecified atom stereocenters. The molecule has 1 aromatic rings. The second-order valence-corrected chi connectivity index (χ2v) is 4.49. The van der Waals surface area contributed by atoms with Crippen LogP contribution in [-0.4, -0.2) is 42.1 Å². The molecule has 0 aromatic heterocycles. The van der Waals surface area contributed by atoms with Crippen LogP contribution in [0.5, 0.6) is 0 Å². The Hall–Kier alpha value is -2.04. The summed E-state index contributed by atoms with van der Waals surface area (Å²) in [5, 5.41) is 8.84. The lowest BCUT2D eigenvalue weighted by Crippen LogP contribution is -2.44. The summed E-state index contributed by atoms with van der Waals surface area (Å²) in [5.74, 6) is -1.00. The molecule has 0 aliphatic rings. The topological polar surface area (TPSA) is 60.9 Å². The average molecular weight is 264 g/mol. The quantitative estimate of drug-likeness (QED) is 0.888. The summed E-state index contributed by atoms with van der Waals surface area (Å²) in [7, 11) is 1.65. The number of urea groups is 1. The minimum atomic E-state index is -1.00. The van der Waals surface area contributed by atoms with E-state index in [1.54, 1.807) is 7.05 Å². The van der Waals surface area contributed by atoms with Gasteiger partial charge in [-0.3, -0.25) is 9.69 Å². The fraction of sp³-hybridized carbons (Fsp3) is 0.429. The molecule has 0 saturated carbocycles. The number of anilines is 1. The first-order valence-corrected chi connectivity index (χ1v) is 6.26. The van der Waals surface area contributed by atoms with Gasteiger partial charge in [0.05, 0.1) is 0 Å². The summed E-state index contributed by atoms with van der Waals surface area (Å²) in [6.45, 7) is 4.04. The van der Waals surface area contributed by atoms with Gasteiger partial charge in [-0.25, -0.2) is 4.79 Å². The van der Waals surface area contributed by atoms with Gasteiger partial charge in [0.2, 0.25) is 0 Å². The van der Waals surface area contributed by atoms with Gasteiger partial charge in [0, 0.05) is 19.3 Å². The molecule has 0 spiro atoms. The monoisotopic (exact) mass is 264 g/mol. The third-order valence-electron chi connectivity index (χ3n) is 2.80. The molecule has 5 nitrogen and oxygen atoms in total. The first kappa shape index (κ1) is 15.0. The van der Waals surface area contributed by atoms with E-state index >= 15 is 0 Å². The minimum absolute atomic E-state index is 0.275. The van der Waals surface area contributed by atoms with E-state index in [9.17, 15) is 9.59 Å². The molecule has 19 heavy (non-hydrogen) atoms. The Bertz CT molecular complexity index is 443. The van der Waals surface area contributed by atoms with Gasteiger partial charge in [0.15, 0.2) is 0 Å². The number of aryl methyl sites for hydroxylation is 1. The Kier molecular flexibility index (Phi) is 5.36. The molecule has 1 N–H and O–H groups in total. The lowest BCUT2D eigenvalue weighted by Gasteiger charge is -2.26. The molecular formula is C14H20N2O3. The van der Waals surface area contributed by atoms with Gasteiger partial charge in [0.1, 0.15) is 6.54 Å². The van der Waals surface area contributed by atoms with Crippen LogP contribution < -0.4 is 4.90 Å². The number of aliphatic carboxylic acids is 1. The Balaban J connectivity index is 2.83. The van der Waals surface area contributed by atoms with Crippen molar-refractivity contribution >= 4 is 17.7 Å². The fourth-order valence-electron chi connectivity index (χ4n) is 1.77. The first-order valence-electron chi connectivity index (χ1n) is 6.26. The van der Waals surface area contributed by atoms with Crippen molar-refractivity contribution in [3.8, 4) is 0 Å². The van der Waals surface area contributed by atoms with Crippen LogP contribution in [0.4, 0.5) is 10.5 Å². The molecule has 0 aliphatic carbocycles. The van der Waals surface area contributed by atoms with Crippen molar-refractivity contribution in [1.29, 1.82) is 0 Å². The number of amides is 2.